The van der Waals surface area contributed by atoms with E-state index in [1.54, 1.807) is 0 Å². The van der Waals surface area contributed by atoms with Gasteiger partial charge >= 0.3 is 0 Å². The molecule has 1 fully saturated rings. The third kappa shape index (κ3) is 4.20. The van der Waals surface area contributed by atoms with Crippen LogP contribution < -0.4 is 5.73 Å². The van der Waals surface area contributed by atoms with Crippen molar-refractivity contribution in [2.24, 2.45) is 11.7 Å². The number of piperidine rings is 1. The van der Waals surface area contributed by atoms with Crippen molar-refractivity contribution in [2.45, 2.75) is 25.8 Å². The fraction of sp³-hybridized carbons (Fsp3) is 1.00. The van der Waals surface area contributed by atoms with Crippen LogP contribution in [0.4, 0.5) is 0 Å². The second-order valence-electron chi connectivity index (χ2n) is 4.63. The third-order valence-electron chi connectivity index (χ3n) is 3.04. The molecular weight excluding hydrogens is 264 g/mol. The van der Waals surface area contributed by atoms with Gasteiger partial charge in [-0.15, -0.1) is 0 Å². The van der Waals surface area contributed by atoms with Gasteiger partial charge in [-0.05, 0) is 12.3 Å². The van der Waals surface area contributed by atoms with E-state index in [9.17, 15) is 16.8 Å². The molecule has 2 atom stereocenters. The SMILES string of the molecule is CCC1CN(S(=O)(=O)CS(C)(=O)=O)CCC1N. The zero-order valence-electron chi connectivity index (χ0n) is 10.2. The van der Waals surface area contributed by atoms with E-state index in [0.29, 0.717) is 19.5 Å². The molecule has 1 rings (SSSR count). The van der Waals surface area contributed by atoms with Gasteiger partial charge in [-0.1, -0.05) is 13.3 Å². The summed E-state index contributed by atoms with van der Waals surface area (Å²) < 4.78 is 47.2. The third-order valence-corrected chi connectivity index (χ3v) is 7.06. The van der Waals surface area contributed by atoms with Gasteiger partial charge in [0.2, 0.25) is 10.0 Å². The molecule has 0 bridgehead atoms. The number of hydrogen-bond donors (Lipinski definition) is 1. The normalized spacial score (nSPS) is 28.2. The van der Waals surface area contributed by atoms with Gasteiger partial charge in [0.15, 0.2) is 14.9 Å². The van der Waals surface area contributed by atoms with Crippen molar-refractivity contribution in [1.82, 2.24) is 4.31 Å². The molecule has 1 aliphatic heterocycles. The van der Waals surface area contributed by atoms with Crippen molar-refractivity contribution in [3.8, 4) is 0 Å². The standard InChI is InChI=1S/C9H20N2O4S2/c1-3-8-6-11(5-4-9(8)10)17(14,15)7-16(2,12)13/h8-9H,3-7,10H2,1-2H3. The molecule has 1 saturated heterocycles. The van der Waals surface area contributed by atoms with E-state index in [1.165, 1.54) is 4.31 Å². The van der Waals surface area contributed by atoms with Crippen LogP contribution in [0, 0.1) is 5.92 Å². The molecule has 1 aliphatic rings. The molecule has 17 heavy (non-hydrogen) atoms. The van der Waals surface area contributed by atoms with Gasteiger partial charge in [0, 0.05) is 25.4 Å². The van der Waals surface area contributed by atoms with E-state index in [2.05, 4.69) is 0 Å². The molecule has 8 heteroatoms. The Kier molecular flexibility index (Phi) is 4.56. The Bertz CT molecular complexity index is 457. The summed E-state index contributed by atoms with van der Waals surface area (Å²) in [5.74, 6) is 0.109. The molecule has 0 spiro atoms. The highest BCUT2D eigenvalue weighted by Crippen LogP contribution is 2.21. The lowest BCUT2D eigenvalue weighted by Gasteiger charge is -2.35. The maximum absolute atomic E-state index is 11.9. The Balaban J connectivity index is 2.80. The second kappa shape index (κ2) is 5.21. The Morgan fingerprint density at radius 3 is 2.35 bits per heavy atom. The van der Waals surface area contributed by atoms with Gasteiger partial charge in [0.05, 0.1) is 0 Å². The molecule has 0 amide bonds. The van der Waals surface area contributed by atoms with Crippen molar-refractivity contribution in [3.05, 3.63) is 0 Å². The largest absolute Gasteiger partial charge is 0.327 e. The Hall–Kier alpha value is -0.180. The molecule has 0 radical (unpaired) electrons. The zero-order valence-corrected chi connectivity index (χ0v) is 11.8. The molecule has 102 valence electrons. The average Bonchev–Trinajstić information content (AvgIpc) is 2.14. The number of nitrogens with zero attached hydrogens (tertiary/aromatic N) is 1. The zero-order chi connectivity index (χ0) is 13.3. The van der Waals surface area contributed by atoms with Crippen LogP contribution in [0.3, 0.4) is 0 Å². The summed E-state index contributed by atoms with van der Waals surface area (Å²) in [6, 6.07) is 0.00434. The first-order valence-electron chi connectivity index (χ1n) is 5.57. The summed E-state index contributed by atoms with van der Waals surface area (Å²) in [5.41, 5.74) is 5.88. The molecule has 0 aromatic heterocycles. The molecule has 1 heterocycles. The fourth-order valence-corrected chi connectivity index (χ4v) is 5.61. The van der Waals surface area contributed by atoms with E-state index >= 15 is 0 Å². The number of sulfone groups is 1. The van der Waals surface area contributed by atoms with Crippen LogP contribution >= 0.6 is 0 Å². The van der Waals surface area contributed by atoms with Crippen molar-refractivity contribution < 1.29 is 16.8 Å². The number of hydrogen-bond acceptors (Lipinski definition) is 5. The van der Waals surface area contributed by atoms with Crippen molar-refractivity contribution >= 4 is 19.9 Å². The fourth-order valence-electron chi connectivity index (χ4n) is 2.05. The predicted molar refractivity (Wildman–Crippen MR) is 66.6 cm³/mol. The van der Waals surface area contributed by atoms with E-state index in [-0.39, 0.29) is 12.0 Å². The topological polar surface area (TPSA) is 97.5 Å². The molecular formula is C9H20N2O4S2. The van der Waals surface area contributed by atoms with E-state index in [0.717, 1.165) is 12.7 Å². The summed E-state index contributed by atoms with van der Waals surface area (Å²) in [7, 11) is -7.25. The number of rotatable bonds is 4. The summed E-state index contributed by atoms with van der Waals surface area (Å²) in [5, 5.41) is -0.814. The van der Waals surface area contributed by atoms with Crippen LogP contribution in [0.5, 0.6) is 0 Å². The minimum Gasteiger partial charge on any atom is -0.327 e. The first-order valence-corrected chi connectivity index (χ1v) is 9.24. The lowest BCUT2D eigenvalue weighted by Crippen LogP contribution is -2.49. The van der Waals surface area contributed by atoms with Gasteiger partial charge in [0.1, 0.15) is 0 Å². The maximum Gasteiger partial charge on any atom is 0.228 e. The minimum atomic E-state index is -3.72. The van der Waals surface area contributed by atoms with E-state index in [4.69, 9.17) is 5.73 Å². The van der Waals surface area contributed by atoms with Crippen LogP contribution in [-0.4, -0.2) is 51.6 Å². The lowest BCUT2D eigenvalue weighted by atomic mass is 9.92. The van der Waals surface area contributed by atoms with Crippen LogP contribution in [0.25, 0.3) is 0 Å². The molecule has 0 aromatic carbocycles. The molecule has 0 aliphatic carbocycles. The highest BCUT2D eigenvalue weighted by atomic mass is 32.3. The summed E-state index contributed by atoms with van der Waals surface area (Å²) in [4.78, 5) is 0. The lowest BCUT2D eigenvalue weighted by molar-refractivity contribution is 0.231. The highest BCUT2D eigenvalue weighted by Gasteiger charge is 2.33. The van der Waals surface area contributed by atoms with Crippen molar-refractivity contribution in [2.75, 3.05) is 24.4 Å². The summed E-state index contributed by atoms with van der Waals surface area (Å²) in [6.45, 7) is 2.60. The molecule has 2 unspecified atom stereocenters. The average molecular weight is 284 g/mol. The smallest absolute Gasteiger partial charge is 0.228 e. The quantitative estimate of drug-likeness (QED) is 0.742. The van der Waals surface area contributed by atoms with Crippen LogP contribution in [0.1, 0.15) is 19.8 Å². The molecule has 0 saturated carbocycles. The Labute approximate surface area is 103 Å². The first-order chi connectivity index (χ1) is 7.65. The van der Waals surface area contributed by atoms with Crippen LogP contribution in [0.15, 0.2) is 0 Å². The Morgan fingerprint density at radius 2 is 1.88 bits per heavy atom. The molecule has 0 aromatic rings. The number of sulfonamides is 1. The van der Waals surface area contributed by atoms with Gasteiger partial charge in [-0.3, -0.25) is 0 Å². The van der Waals surface area contributed by atoms with Crippen molar-refractivity contribution in [1.29, 1.82) is 0 Å². The first kappa shape index (κ1) is 14.9. The van der Waals surface area contributed by atoms with Gasteiger partial charge in [-0.25, -0.2) is 21.1 Å². The van der Waals surface area contributed by atoms with E-state index in [1.807, 2.05) is 6.92 Å². The second-order valence-corrected chi connectivity index (χ2v) is 9.11. The maximum atomic E-state index is 11.9. The van der Waals surface area contributed by atoms with Gasteiger partial charge in [-0.2, -0.15) is 0 Å². The molecule has 6 nitrogen and oxygen atoms in total. The van der Waals surface area contributed by atoms with Gasteiger partial charge < -0.3 is 5.73 Å². The summed E-state index contributed by atoms with van der Waals surface area (Å²) >= 11 is 0. The predicted octanol–water partition coefficient (Wildman–Crippen LogP) is -0.622. The van der Waals surface area contributed by atoms with Gasteiger partial charge in [0.25, 0.3) is 0 Å². The highest BCUT2D eigenvalue weighted by molar-refractivity contribution is 8.06. The monoisotopic (exact) mass is 284 g/mol. The molecule has 2 N–H and O–H groups in total. The summed E-state index contributed by atoms with van der Waals surface area (Å²) in [6.07, 6.45) is 2.31. The Morgan fingerprint density at radius 1 is 1.29 bits per heavy atom. The van der Waals surface area contributed by atoms with Crippen molar-refractivity contribution in [3.63, 3.8) is 0 Å². The van der Waals surface area contributed by atoms with E-state index < -0.39 is 24.9 Å². The van der Waals surface area contributed by atoms with Crippen LogP contribution in [-0.2, 0) is 19.9 Å². The minimum absolute atomic E-state index is 0.00434. The number of nitrogens with two attached hydrogens (primary N) is 1. The van der Waals surface area contributed by atoms with Crippen LogP contribution in [0.2, 0.25) is 0 Å².